The number of hydrogen-bond acceptors (Lipinski definition) is 2. The van der Waals surface area contributed by atoms with Crippen molar-refractivity contribution >= 4 is 0 Å². The van der Waals surface area contributed by atoms with Crippen molar-refractivity contribution in [3.05, 3.63) is 23.7 Å². The van der Waals surface area contributed by atoms with E-state index in [1.807, 2.05) is 13.0 Å². The van der Waals surface area contributed by atoms with E-state index in [0.29, 0.717) is 6.04 Å². The lowest BCUT2D eigenvalue weighted by atomic mass is 9.81. The molecule has 0 aromatic carbocycles. The summed E-state index contributed by atoms with van der Waals surface area (Å²) in [6.07, 6.45) is 6.87. The van der Waals surface area contributed by atoms with E-state index >= 15 is 0 Å². The van der Waals surface area contributed by atoms with E-state index in [-0.39, 0.29) is 0 Å². The summed E-state index contributed by atoms with van der Waals surface area (Å²) in [5.41, 5.74) is 0. The van der Waals surface area contributed by atoms with Gasteiger partial charge in [-0.05, 0) is 50.2 Å². The van der Waals surface area contributed by atoms with Crippen molar-refractivity contribution in [1.29, 1.82) is 0 Å². The molecule has 1 fully saturated rings. The first-order valence-electron chi connectivity index (χ1n) is 7.42. The van der Waals surface area contributed by atoms with Crippen LogP contribution in [0.25, 0.3) is 0 Å². The first-order chi connectivity index (χ1) is 8.63. The molecule has 18 heavy (non-hydrogen) atoms. The Labute approximate surface area is 111 Å². The summed E-state index contributed by atoms with van der Waals surface area (Å²) in [4.78, 5) is 0. The Hall–Kier alpha value is -0.760. The van der Waals surface area contributed by atoms with Crippen LogP contribution in [0.5, 0.6) is 0 Å². The topological polar surface area (TPSA) is 25.2 Å². The third kappa shape index (κ3) is 4.16. The van der Waals surface area contributed by atoms with Crippen LogP contribution in [0.2, 0.25) is 0 Å². The first kappa shape index (κ1) is 13.7. The van der Waals surface area contributed by atoms with Crippen LogP contribution in [0.4, 0.5) is 0 Å². The lowest BCUT2D eigenvalue weighted by Crippen LogP contribution is -2.34. The molecule has 2 heteroatoms. The smallest absolute Gasteiger partial charge is 0.117 e. The standard InChI is InChI=1S/C16H27NO/c1-12(2)9-14-5-4-6-15(10-14)17-11-16-8-7-13(3)18-16/h7-8,12,14-15,17H,4-6,9-11H2,1-3H3. The van der Waals surface area contributed by atoms with Gasteiger partial charge in [0.2, 0.25) is 0 Å². The summed E-state index contributed by atoms with van der Waals surface area (Å²) in [5, 5.41) is 3.66. The van der Waals surface area contributed by atoms with Crippen molar-refractivity contribution in [2.24, 2.45) is 11.8 Å². The molecule has 1 aromatic heterocycles. The molecule has 1 aliphatic carbocycles. The van der Waals surface area contributed by atoms with Crippen LogP contribution in [0, 0.1) is 18.8 Å². The second-order valence-corrected chi connectivity index (χ2v) is 6.25. The molecule has 2 rings (SSSR count). The monoisotopic (exact) mass is 249 g/mol. The average molecular weight is 249 g/mol. The SMILES string of the molecule is Cc1ccc(CNC2CCCC(CC(C)C)C2)o1. The Morgan fingerprint density at radius 2 is 2.17 bits per heavy atom. The van der Waals surface area contributed by atoms with Gasteiger partial charge in [0.05, 0.1) is 6.54 Å². The molecular weight excluding hydrogens is 222 g/mol. The number of hydrogen-bond donors (Lipinski definition) is 1. The molecule has 1 aliphatic rings. The van der Waals surface area contributed by atoms with E-state index in [2.05, 4.69) is 25.2 Å². The highest BCUT2D eigenvalue weighted by Crippen LogP contribution is 2.29. The van der Waals surface area contributed by atoms with Crippen LogP contribution in [0.15, 0.2) is 16.5 Å². The lowest BCUT2D eigenvalue weighted by Gasteiger charge is -2.30. The molecular formula is C16H27NO. The Morgan fingerprint density at radius 3 is 2.83 bits per heavy atom. The molecule has 0 radical (unpaired) electrons. The second-order valence-electron chi connectivity index (χ2n) is 6.25. The molecule has 1 heterocycles. The highest BCUT2D eigenvalue weighted by molar-refractivity contribution is 5.05. The van der Waals surface area contributed by atoms with Crippen LogP contribution in [0.3, 0.4) is 0 Å². The molecule has 102 valence electrons. The zero-order chi connectivity index (χ0) is 13.0. The summed E-state index contributed by atoms with van der Waals surface area (Å²) < 4.78 is 5.60. The molecule has 1 saturated carbocycles. The molecule has 0 spiro atoms. The van der Waals surface area contributed by atoms with Gasteiger partial charge < -0.3 is 9.73 Å². The average Bonchev–Trinajstić information content (AvgIpc) is 2.72. The van der Waals surface area contributed by atoms with Gasteiger partial charge in [0.15, 0.2) is 0 Å². The number of nitrogens with one attached hydrogen (secondary N) is 1. The molecule has 2 nitrogen and oxygen atoms in total. The van der Waals surface area contributed by atoms with Gasteiger partial charge >= 0.3 is 0 Å². The van der Waals surface area contributed by atoms with Crippen LogP contribution in [0.1, 0.15) is 57.5 Å². The summed E-state index contributed by atoms with van der Waals surface area (Å²) in [5.74, 6) is 3.84. The van der Waals surface area contributed by atoms with Gasteiger partial charge in [0, 0.05) is 6.04 Å². The van der Waals surface area contributed by atoms with Gasteiger partial charge in [-0.15, -0.1) is 0 Å². The molecule has 0 aliphatic heterocycles. The number of rotatable bonds is 5. The van der Waals surface area contributed by atoms with Crippen molar-refractivity contribution < 1.29 is 4.42 Å². The third-order valence-electron chi connectivity index (χ3n) is 3.95. The minimum Gasteiger partial charge on any atom is -0.465 e. The highest BCUT2D eigenvalue weighted by Gasteiger charge is 2.22. The van der Waals surface area contributed by atoms with Gasteiger partial charge in [0.25, 0.3) is 0 Å². The predicted molar refractivity (Wildman–Crippen MR) is 75.5 cm³/mol. The molecule has 0 saturated heterocycles. The zero-order valence-electron chi connectivity index (χ0n) is 12.0. The number of aryl methyl sites for hydroxylation is 1. The largest absolute Gasteiger partial charge is 0.465 e. The molecule has 2 atom stereocenters. The lowest BCUT2D eigenvalue weighted by molar-refractivity contribution is 0.248. The van der Waals surface area contributed by atoms with Crippen molar-refractivity contribution in [3.63, 3.8) is 0 Å². The minimum atomic E-state index is 0.688. The van der Waals surface area contributed by atoms with Crippen molar-refractivity contribution in [1.82, 2.24) is 5.32 Å². The van der Waals surface area contributed by atoms with Crippen LogP contribution < -0.4 is 5.32 Å². The fourth-order valence-corrected chi connectivity index (χ4v) is 3.18. The highest BCUT2D eigenvalue weighted by atomic mass is 16.3. The van der Waals surface area contributed by atoms with Crippen molar-refractivity contribution in [2.45, 2.75) is 65.5 Å². The van der Waals surface area contributed by atoms with Gasteiger partial charge in [-0.1, -0.05) is 26.7 Å². The first-order valence-corrected chi connectivity index (χ1v) is 7.42. The van der Waals surface area contributed by atoms with Crippen molar-refractivity contribution in [3.8, 4) is 0 Å². The zero-order valence-corrected chi connectivity index (χ0v) is 12.0. The maximum atomic E-state index is 5.60. The number of furan rings is 1. The van der Waals surface area contributed by atoms with Crippen LogP contribution in [-0.2, 0) is 6.54 Å². The Balaban J connectivity index is 1.75. The maximum absolute atomic E-state index is 5.60. The van der Waals surface area contributed by atoms with Gasteiger partial charge in [0.1, 0.15) is 11.5 Å². The summed E-state index contributed by atoms with van der Waals surface area (Å²) >= 11 is 0. The minimum absolute atomic E-state index is 0.688. The van der Waals surface area contributed by atoms with E-state index in [9.17, 15) is 0 Å². The van der Waals surface area contributed by atoms with Crippen molar-refractivity contribution in [2.75, 3.05) is 0 Å². The fraction of sp³-hybridized carbons (Fsp3) is 0.750. The van der Waals surface area contributed by atoms with E-state index in [1.54, 1.807) is 0 Å². The Morgan fingerprint density at radius 1 is 1.33 bits per heavy atom. The summed E-state index contributed by atoms with van der Waals surface area (Å²) in [6.45, 7) is 7.56. The third-order valence-corrected chi connectivity index (χ3v) is 3.95. The van der Waals surface area contributed by atoms with Gasteiger partial charge in [-0.25, -0.2) is 0 Å². The van der Waals surface area contributed by atoms with Crippen LogP contribution in [-0.4, -0.2) is 6.04 Å². The van der Waals surface area contributed by atoms with E-state index in [4.69, 9.17) is 4.42 Å². The maximum Gasteiger partial charge on any atom is 0.117 e. The van der Waals surface area contributed by atoms with E-state index < -0.39 is 0 Å². The normalized spacial score (nSPS) is 24.7. The molecule has 1 N–H and O–H groups in total. The quantitative estimate of drug-likeness (QED) is 0.842. The summed E-state index contributed by atoms with van der Waals surface area (Å²) in [6, 6.07) is 4.81. The molecule has 1 aromatic rings. The molecule has 0 bridgehead atoms. The van der Waals surface area contributed by atoms with E-state index in [0.717, 1.165) is 29.9 Å². The fourth-order valence-electron chi connectivity index (χ4n) is 3.18. The van der Waals surface area contributed by atoms with Crippen LogP contribution >= 0.6 is 0 Å². The van der Waals surface area contributed by atoms with Gasteiger partial charge in [-0.2, -0.15) is 0 Å². The molecule has 2 unspecified atom stereocenters. The van der Waals surface area contributed by atoms with E-state index in [1.165, 1.54) is 32.1 Å². The summed E-state index contributed by atoms with van der Waals surface area (Å²) in [7, 11) is 0. The Bertz CT molecular complexity index is 356. The predicted octanol–water partition coefficient (Wildman–Crippen LogP) is 4.28. The van der Waals surface area contributed by atoms with Gasteiger partial charge in [-0.3, -0.25) is 0 Å². The Kier molecular flexibility index (Phi) is 4.87. The second kappa shape index (κ2) is 6.42. The molecule has 0 amide bonds.